The number of aldehydes is 2. The van der Waals surface area contributed by atoms with Crippen molar-refractivity contribution in [2.75, 3.05) is 0 Å². The van der Waals surface area contributed by atoms with Gasteiger partial charge in [-0.1, -0.05) is 9.05 Å². The molecule has 7 nitrogen and oxygen atoms in total. The van der Waals surface area contributed by atoms with Gasteiger partial charge in [-0.3, -0.25) is 0 Å². The van der Waals surface area contributed by atoms with E-state index in [2.05, 4.69) is 9.05 Å². The first kappa shape index (κ1) is 15.3. The van der Waals surface area contributed by atoms with Gasteiger partial charge in [0, 0.05) is 30.2 Å². The van der Waals surface area contributed by atoms with Crippen molar-refractivity contribution < 1.29 is 33.4 Å². The van der Waals surface area contributed by atoms with Crippen LogP contribution in [0.15, 0.2) is 0 Å². The zero-order valence-corrected chi connectivity index (χ0v) is 9.42. The topological polar surface area (TPSA) is 110 Å². The van der Waals surface area contributed by atoms with Crippen LogP contribution < -0.4 is 0 Å². The van der Waals surface area contributed by atoms with Gasteiger partial charge in [-0.2, -0.15) is 0 Å². The molecule has 0 radical (unpaired) electrons. The second kappa shape index (κ2) is 9.50. The van der Waals surface area contributed by atoms with Crippen molar-refractivity contribution in [1.29, 1.82) is 0 Å². The maximum Gasteiger partial charge on any atom is 0.702 e. The number of aliphatic hydroxyl groups is 2. The van der Waals surface area contributed by atoms with E-state index in [4.69, 9.17) is 10.2 Å². The third-order valence-electron chi connectivity index (χ3n) is 1.48. The molecule has 0 fully saturated rings. The van der Waals surface area contributed by atoms with Crippen molar-refractivity contribution in [3.05, 3.63) is 0 Å². The van der Waals surface area contributed by atoms with E-state index in [0.717, 1.165) is 0 Å². The molecule has 2 atom stereocenters. The number of carbonyl (C=O) groups excluding carboxylic acids is 2. The summed E-state index contributed by atoms with van der Waals surface area (Å²) in [5.74, 6) is 0. The maximum atomic E-state index is 11.0. The Morgan fingerprint density at radius 3 is 1.69 bits per heavy atom. The van der Waals surface area contributed by atoms with Crippen LogP contribution >= 0.6 is 8.25 Å². The SMILES string of the molecule is O=CCCC(O)O[P+](=O)OC(O)CCC=O. The van der Waals surface area contributed by atoms with E-state index in [9.17, 15) is 14.2 Å². The van der Waals surface area contributed by atoms with E-state index in [0.29, 0.717) is 12.6 Å². The summed E-state index contributed by atoms with van der Waals surface area (Å²) in [6, 6.07) is 0. The smallest absolute Gasteiger partial charge is 0.364 e. The Hall–Kier alpha value is -0.720. The molecule has 0 spiro atoms. The van der Waals surface area contributed by atoms with Crippen molar-refractivity contribution in [1.82, 2.24) is 0 Å². The highest BCUT2D eigenvalue weighted by Crippen LogP contribution is 2.28. The molecule has 16 heavy (non-hydrogen) atoms. The molecule has 0 amide bonds. The van der Waals surface area contributed by atoms with Crippen molar-refractivity contribution in [2.24, 2.45) is 0 Å². The van der Waals surface area contributed by atoms with E-state index in [-0.39, 0.29) is 25.7 Å². The van der Waals surface area contributed by atoms with E-state index in [1.807, 2.05) is 0 Å². The van der Waals surface area contributed by atoms with Crippen molar-refractivity contribution in [3.8, 4) is 0 Å². The molecule has 2 unspecified atom stereocenters. The van der Waals surface area contributed by atoms with Crippen LogP contribution in [0.2, 0.25) is 0 Å². The summed E-state index contributed by atoms with van der Waals surface area (Å²) in [5.41, 5.74) is 0. The highest BCUT2D eigenvalue weighted by molar-refractivity contribution is 7.33. The number of carbonyl (C=O) groups is 2. The quantitative estimate of drug-likeness (QED) is 0.326. The summed E-state index contributed by atoms with van der Waals surface area (Å²) in [4.78, 5) is 19.9. The lowest BCUT2D eigenvalue weighted by molar-refractivity contribution is -0.110. The third kappa shape index (κ3) is 8.58. The van der Waals surface area contributed by atoms with Gasteiger partial charge in [0.1, 0.15) is 12.6 Å². The summed E-state index contributed by atoms with van der Waals surface area (Å²) in [5, 5.41) is 18.1. The fourth-order valence-electron chi connectivity index (χ4n) is 0.750. The van der Waals surface area contributed by atoms with Gasteiger partial charge in [-0.15, -0.1) is 0 Å². The molecule has 0 bridgehead atoms. The van der Waals surface area contributed by atoms with Gasteiger partial charge in [0.05, 0.1) is 0 Å². The molecule has 8 heteroatoms. The van der Waals surface area contributed by atoms with Crippen molar-refractivity contribution in [2.45, 2.75) is 38.3 Å². The van der Waals surface area contributed by atoms with Crippen LogP contribution in [-0.4, -0.2) is 35.4 Å². The number of hydrogen-bond acceptors (Lipinski definition) is 7. The normalized spacial score (nSPS) is 15.2. The first-order chi connectivity index (χ1) is 7.60. The maximum absolute atomic E-state index is 11.0. The second-order valence-corrected chi connectivity index (χ2v) is 3.70. The average Bonchev–Trinajstić information content (AvgIpc) is 2.23. The Labute approximate surface area is 93.3 Å². The highest BCUT2D eigenvalue weighted by Gasteiger charge is 2.29. The van der Waals surface area contributed by atoms with Gasteiger partial charge in [0.25, 0.3) is 0 Å². The van der Waals surface area contributed by atoms with Gasteiger partial charge in [-0.05, 0) is 0 Å². The highest BCUT2D eigenvalue weighted by atomic mass is 31.1. The number of aliphatic hydroxyl groups excluding tert-OH is 2. The lowest BCUT2D eigenvalue weighted by Crippen LogP contribution is -2.12. The monoisotopic (exact) mass is 253 g/mol. The minimum absolute atomic E-state index is 0.00162. The Kier molecular flexibility index (Phi) is 9.07. The Bertz CT molecular complexity index is 210. The lowest BCUT2D eigenvalue weighted by atomic mass is 10.3. The van der Waals surface area contributed by atoms with Crippen LogP contribution in [0.25, 0.3) is 0 Å². The Morgan fingerprint density at radius 1 is 1.00 bits per heavy atom. The van der Waals surface area contributed by atoms with Gasteiger partial charge in [-0.25, -0.2) is 0 Å². The fraction of sp³-hybridized carbons (Fsp3) is 0.750. The number of hydrogen-bond donors (Lipinski definition) is 2. The van der Waals surface area contributed by atoms with Crippen LogP contribution in [0.1, 0.15) is 25.7 Å². The van der Waals surface area contributed by atoms with Gasteiger partial charge in [0.2, 0.25) is 12.6 Å². The van der Waals surface area contributed by atoms with Crippen LogP contribution in [0.4, 0.5) is 0 Å². The molecular formula is C8H14O7P+. The summed E-state index contributed by atoms with van der Waals surface area (Å²) in [6.45, 7) is 0. The summed E-state index contributed by atoms with van der Waals surface area (Å²) in [6.07, 6.45) is -1.47. The van der Waals surface area contributed by atoms with E-state index in [1.54, 1.807) is 0 Å². The molecule has 0 aromatic rings. The number of rotatable bonds is 10. The molecule has 0 heterocycles. The zero-order chi connectivity index (χ0) is 12.4. The van der Waals surface area contributed by atoms with Crippen LogP contribution in [-0.2, 0) is 23.2 Å². The molecule has 2 N–H and O–H groups in total. The Morgan fingerprint density at radius 2 is 1.38 bits per heavy atom. The van der Waals surface area contributed by atoms with Crippen molar-refractivity contribution >= 4 is 20.8 Å². The van der Waals surface area contributed by atoms with E-state index < -0.39 is 20.8 Å². The molecule has 0 aromatic heterocycles. The molecule has 0 saturated heterocycles. The van der Waals surface area contributed by atoms with E-state index >= 15 is 0 Å². The molecule has 92 valence electrons. The predicted octanol–water partition coefficient (Wildman–Crippen LogP) is 0.272. The van der Waals surface area contributed by atoms with E-state index in [1.165, 1.54) is 0 Å². The first-order valence-corrected chi connectivity index (χ1v) is 5.74. The summed E-state index contributed by atoms with van der Waals surface area (Å²) >= 11 is 0. The van der Waals surface area contributed by atoms with Crippen LogP contribution in [0.3, 0.4) is 0 Å². The molecule has 0 saturated carbocycles. The van der Waals surface area contributed by atoms with Gasteiger partial charge in [0.15, 0.2) is 0 Å². The average molecular weight is 253 g/mol. The summed E-state index contributed by atoms with van der Waals surface area (Å²) in [7, 11) is -2.67. The zero-order valence-electron chi connectivity index (χ0n) is 8.52. The molecule has 0 aromatic carbocycles. The predicted molar refractivity (Wildman–Crippen MR) is 52.4 cm³/mol. The van der Waals surface area contributed by atoms with Crippen LogP contribution in [0.5, 0.6) is 0 Å². The van der Waals surface area contributed by atoms with Crippen molar-refractivity contribution in [3.63, 3.8) is 0 Å². The molecule has 0 rings (SSSR count). The Balaban J connectivity index is 3.70. The van der Waals surface area contributed by atoms with Gasteiger partial charge >= 0.3 is 8.25 Å². The third-order valence-corrected chi connectivity index (χ3v) is 2.31. The second-order valence-electron chi connectivity index (χ2n) is 2.83. The molecule has 0 aliphatic carbocycles. The lowest BCUT2D eigenvalue weighted by Gasteiger charge is -2.02. The summed E-state index contributed by atoms with van der Waals surface area (Å²) < 4.78 is 19.9. The molecule has 0 aliphatic rings. The standard InChI is InChI=1S/C8H14O7P/c9-5-1-3-7(11)14-16(13)15-8(12)4-2-6-10/h5-8,11-12H,1-4H2/q+1. The largest absolute Gasteiger partial charge is 0.702 e. The molecule has 0 aliphatic heterocycles. The fourth-order valence-corrected chi connectivity index (χ4v) is 1.41. The minimum atomic E-state index is -2.67. The first-order valence-electron chi connectivity index (χ1n) is 4.64. The minimum Gasteiger partial charge on any atom is -0.364 e. The van der Waals surface area contributed by atoms with Crippen LogP contribution in [0, 0.1) is 0 Å². The van der Waals surface area contributed by atoms with Gasteiger partial charge < -0.3 is 19.8 Å². The molecular weight excluding hydrogens is 239 g/mol.